The first kappa shape index (κ1) is 19.8. The van der Waals surface area contributed by atoms with Crippen LogP contribution in [-0.4, -0.2) is 24.9 Å². The second-order valence-corrected chi connectivity index (χ2v) is 6.41. The lowest BCUT2D eigenvalue weighted by Gasteiger charge is -2.11. The van der Waals surface area contributed by atoms with Gasteiger partial charge in [0.25, 0.3) is 5.91 Å². The number of hydrogen-bond acceptors (Lipinski definition) is 3. The van der Waals surface area contributed by atoms with E-state index in [0.29, 0.717) is 22.8 Å². The van der Waals surface area contributed by atoms with Crippen LogP contribution in [0.5, 0.6) is 0 Å². The number of amides is 2. The van der Waals surface area contributed by atoms with E-state index in [1.54, 1.807) is 36.4 Å². The van der Waals surface area contributed by atoms with Crippen molar-refractivity contribution < 1.29 is 9.59 Å². The number of anilines is 2. The lowest BCUT2D eigenvalue weighted by molar-refractivity contribution is -0.114. The molecule has 0 heterocycles. The summed E-state index contributed by atoms with van der Waals surface area (Å²) in [5, 5.41) is 9.36. The Morgan fingerprint density at radius 1 is 1.08 bits per heavy atom. The monoisotopic (exact) mass is 373 g/mol. The number of carbonyl (C=O) groups is 2. The second-order valence-electron chi connectivity index (χ2n) is 6.00. The molecule has 6 heteroatoms. The van der Waals surface area contributed by atoms with Gasteiger partial charge in [0.05, 0.1) is 6.54 Å². The fourth-order valence-corrected chi connectivity index (χ4v) is 2.51. The zero-order valence-corrected chi connectivity index (χ0v) is 15.8. The van der Waals surface area contributed by atoms with E-state index in [-0.39, 0.29) is 18.4 Å². The summed E-state index contributed by atoms with van der Waals surface area (Å²) < 4.78 is 0. The molecule has 138 valence electrons. The standard InChI is InChI=1S/C20H24ClN3O2/c1-3-4-12-22-20(26)15-8-10-16(11-9-15)23-13-19(25)24-18-7-5-6-17(21)14(18)2/h5-11,23H,3-4,12-13H2,1-2H3,(H,22,26)(H,24,25). The molecule has 26 heavy (non-hydrogen) atoms. The summed E-state index contributed by atoms with van der Waals surface area (Å²) in [4.78, 5) is 24.0. The zero-order chi connectivity index (χ0) is 18.9. The van der Waals surface area contributed by atoms with Crippen molar-refractivity contribution >= 4 is 34.8 Å². The van der Waals surface area contributed by atoms with Crippen molar-refractivity contribution in [2.45, 2.75) is 26.7 Å². The van der Waals surface area contributed by atoms with Crippen molar-refractivity contribution in [3.8, 4) is 0 Å². The maximum atomic E-state index is 12.1. The minimum absolute atomic E-state index is 0.0841. The molecule has 2 aromatic carbocycles. The Balaban J connectivity index is 1.84. The minimum Gasteiger partial charge on any atom is -0.376 e. The van der Waals surface area contributed by atoms with Gasteiger partial charge >= 0.3 is 0 Å². The second kappa shape index (κ2) is 9.82. The predicted octanol–water partition coefficient (Wildman–Crippen LogP) is 4.23. The Morgan fingerprint density at radius 3 is 2.50 bits per heavy atom. The van der Waals surface area contributed by atoms with Gasteiger partial charge in [0.15, 0.2) is 0 Å². The molecule has 3 N–H and O–H groups in total. The van der Waals surface area contributed by atoms with E-state index in [0.717, 1.165) is 24.1 Å². The van der Waals surface area contributed by atoms with Crippen LogP contribution >= 0.6 is 11.6 Å². The van der Waals surface area contributed by atoms with Crippen LogP contribution in [0.15, 0.2) is 42.5 Å². The van der Waals surface area contributed by atoms with Gasteiger partial charge in [-0.1, -0.05) is 31.0 Å². The van der Waals surface area contributed by atoms with Crippen LogP contribution in [0.1, 0.15) is 35.7 Å². The lowest BCUT2D eigenvalue weighted by atomic mass is 10.2. The van der Waals surface area contributed by atoms with E-state index in [1.165, 1.54) is 0 Å². The van der Waals surface area contributed by atoms with Gasteiger partial charge in [-0.05, 0) is 55.3 Å². The molecule has 0 aliphatic heterocycles. The van der Waals surface area contributed by atoms with Gasteiger partial charge in [0.2, 0.25) is 5.91 Å². The molecule has 2 aromatic rings. The van der Waals surface area contributed by atoms with Crippen LogP contribution in [0, 0.1) is 6.92 Å². The van der Waals surface area contributed by atoms with Crippen LogP contribution in [0.2, 0.25) is 5.02 Å². The number of unbranched alkanes of at least 4 members (excludes halogenated alkanes) is 1. The summed E-state index contributed by atoms with van der Waals surface area (Å²) in [5.41, 5.74) is 2.91. The third-order valence-electron chi connectivity index (χ3n) is 3.96. The molecule has 0 fully saturated rings. The predicted molar refractivity (Wildman–Crippen MR) is 107 cm³/mol. The Labute approximate surface area is 159 Å². The lowest BCUT2D eigenvalue weighted by Crippen LogP contribution is -2.24. The molecular formula is C20H24ClN3O2. The quantitative estimate of drug-likeness (QED) is 0.606. The molecule has 0 bridgehead atoms. The fraction of sp³-hybridized carbons (Fsp3) is 0.300. The number of benzene rings is 2. The molecular weight excluding hydrogens is 350 g/mol. The number of hydrogen-bond donors (Lipinski definition) is 3. The number of nitrogens with one attached hydrogen (secondary N) is 3. The van der Waals surface area contributed by atoms with Crippen molar-refractivity contribution in [3.05, 3.63) is 58.6 Å². The maximum absolute atomic E-state index is 12.1. The van der Waals surface area contributed by atoms with Crippen LogP contribution in [0.4, 0.5) is 11.4 Å². The third-order valence-corrected chi connectivity index (χ3v) is 4.37. The number of halogens is 1. The fourth-order valence-electron chi connectivity index (χ4n) is 2.34. The van der Waals surface area contributed by atoms with Gasteiger partial charge < -0.3 is 16.0 Å². The minimum atomic E-state index is -0.170. The summed E-state index contributed by atoms with van der Waals surface area (Å²) in [6.45, 7) is 4.73. The van der Waals surface area contributed by atoms with E-state index in [2.05, 4.69) is 22.9 Å². The molecule has 2 amide bonds. The van der Waals surface area contributed by atoms with Crippen molar-refractivity contribution in [1.29, 1.82) is 0 Å². The largest absolute Gasteiger partial charge is 0.376 e. The molecule has 2 rings (SSSR count). The SMILES string of the molecule is CCCCNC(=O)c1ccc(NCC(=O)Nc2cccc(Cl)c2C)cc1. The zero-order valence-electron chi connectivity index (χ0n) is 15.1. The molecule has 0 aliphatic rings. The van der Waals surface area contributed by atoms with Crippen molar-refractivity contribution in [2.75, 3.05) is 23.7 Å². The van der Waals surface area contributed by atoms with Gasteiger partial charge in [-0.15, -0.1) is 0 Å². The normalized spacial score (nSPS) is 10.3. The van der Waals surface area contributed by atoms with Crippen molar-refractivity contribution in [3.63, 3.8) is 0 Å². The maximum Gasteiger partial charge on any atom is 0.251 e. The highest BCUT2D eigenvalue weighted by Crippen LogP contribution is 2.22. The molecule has 0 saturated carbocycles. The Hall–Kier alpha value is -2.53. The molecule has 0 radical (unpaired) electrons. The van der Waals surface area contributed by atoms with E-state index < -0.39 is 0 Å². The van der Waals surface area contributed by atoms with E-state index in [4.69, 9.17) is 11.6 Å². The van der Waals surface area contributed by atoms with E-state index in [9.17, 15) is 9.59 Å². The van der Waals surface area contributed by atoms with Gasteiger partial charge in [0.1, 0.15) is 0 Å². The topological polar surface area (TPSA) is 70.2 Å². The highest BCUT2D eigenvalue weighted by Gasteiger charge is 2.08. The first-order chi connectivity index (χ1) is 12.5. The van der Waals surface area contributed by atoms with Crippen LogP contribution in [0.25, 0.3) is 0 Å². The summed E-state index contributed by atoms with van der Waals surface area (Å²) in [7, 11) is 0. The molecule has 0 aromatic heterocycles. The first-order valence-electron chi connectivity index (χ1n) is 8.68. The van der Waals surface area contributed by atoms with Crippen LogP contribution in [-0.2, 0) is 4.79 Å². The summed E-state index contributed by atoms with van der Waals surface area (Å²) >= 11 is 6.05. The van der Waals surface area contributed by atoms with Crippen LogP contribution in [0.3, 0.4) is 0 Å². The summed E-state index contributed by atoms with van der Waals surface area (Å²) in [6.07, 6.45) is 2.01. The highest BCUT2D eigenvalue weighted by molar-refractivity contribution is 6.31. The molecule has 5 nitrogen and oxygen atoms in total. The first-order valence-corrected chi connectivity index (χ1v) is 9.06. The molecule has 0 unspecified atom stereocenters. The smallest absolute Gasteiger partial charge is 0.251 e. The van der Waals surface area contributed by atoms with Crippen molar-refractivity contribution in [1.82, 2.24) is 5.32 Å². The molecule has 0 atom stereocenters. The van der Waals surface area contributed by atoms with Crippen LogP contribution < -0.4 is 16.0 Å². The summed E-state index contributed by atoms with van der Waals surface area (Å²) in [5.74, 6) is -0.254. The number of carbonyl (C=O) groups excluding carboxylic acids is 2. The van der Waals surface area contributed by atoms with E-state index >= 15 is 0 Å². The van der Waals surface area contributed by atoms with Crippen molar-refractivity contribution in [2.24, 2.45) is 0 Å². The average Bonchev–Trinajstić information content (AvgIpc) is 2.64. The average molecular weight is 374 g/mol. The van der Waals surface area contributed by atoms with E-state index in [1.807, 2.05) is 13.0 Å². The Kier molecular flexibility index (Phi) is 7.48. The van der Waals surface area contributed by atoms with Gasteiger partial charge in [-0.3, -0.25) is 9.59 Å². The molecule has 0 spiro atoms. The highest BCUT2D eigenvalue weighted by atomic mass is 35.5. The molecule has 0 aliphatic carbocycles. The summed E-state index contributed by atoms with van der Waals surface area (Å²) in [6, 6.07) is 12.4. The number of rotatable bonds is 8. The van der Waals surface area contributed by atoms with Gasteiger partial charge in [0, 0.05) is 28.5 Å². The van der Waals surface area contributed by atoms with Gasteiger partial charge in [-0.2, -0.15) is 0 Å². The third kappa shape index (κ3) is 5.77. The van der Waals surface area contributed by atoms with Gasteiger partial charge in [-0.25, -0.2) is 0 Å². The Morgan fingerprint density at radius 2 is 1.81 bits per heavy atom. The molecule has 0 saturated heterocycles. The Bertz CT molecular complexity index is 760.